The fraction of sp³-hybridized carbons (Fsp3) is 0.571. The normalized spacial score (nSPS) is 12.9. The molecule has 0 fully saturated rings. The molecule has 3 nitrogen and oxygen atoms in total. The summed E-state index contributed by atoms with van der Waals surface area (Å²) in [7, 11) is 0. The van der Waals surface area contributed by atoms with Crippen molar-refractivity contribution in [3.8, 4) is 0 Å². The highest BCUT2D eigenvalue weighted by molar-refractivity contribution is 6.42. The molecule has 0 radical (unpaired) electrons. The molecule has 0 aliphatic heterocycles. The third-order valence-electron chi connectivity index (χ3n) is 3.29. The van der Waals surface area contributed by atoms with E-state index >= 15 is 0 Å². The molecular weight excluding hydrogens is 281 g/mol. The van der Waals surface area contributed by atoms with Crippen LogP contribution in [0.25, 0.3) is 0 Å². The number of nitrogens with one attached hydrogen (secondary N) is 1. The lowest BCUT2D eigenvalue weighted by Gasteiger charge is -2.22. The van der Waals surface area contributed by atoms with E-state index in [-0.39, 0.29) is 6.04 Å². The predicted molar refractivity (Wildman–Crippen MR) is 84.0 cm³/mol. The number of nitrogens with two attached hydrogens (primary N) is 1. The van der Waals surface area contributed by atoms with Gasteiger partial charge in [-0.05, 0) is 30.8 Å². The van der Waals surface area contributed by atoms with Crippen LogP contribution in [0.2, 0.25) is 10.0 Å². The van der Waals surface area contributed by atoms with Gasteiger partial charge in [-0.3, -0.25) is 0 Å². The minimum Gasteiger partial charge on any atom is -0.329 e. The Labute approximate surface area is 126 Å². The fourth-order valence-corrected chi connectivity index (χ4v) is 2.31. The molecule has 0 saturated carbocycles. The van der Waals surface area contributed by atoms with Crippen molar-refractivity contribution < 1.29 is 0 Å². The second kappa shape index (κ2) is 8.77. The van der Waals surface area contributed by atoms with Gasteiger partial charge in [-0.25, -0.2) is 0 Å². The van der Waals surface area contributed by atoms with Crippen molar-refractivity contribution in [1.29, 1.82) is 0 Å². The van der Waals surface area contributed by atoms with Gasteiger partial charge in [0.15, 0.2) is 0 Å². The SMILES string of the molecule is CCN(CC)CCNC(CN)c1ccc(Cl)c(Cl)c1. The van der Waals surface area contributed by atoms with Gasteiger partial charge in [0, 0.05) is 25.7 Å². The van der Waals surface area contributed by atoms with Gasteiger partial charge in [0.2, 0.25) is 0 Å². The van der Waals surface area contributed by atoms with Gasteiger partial charge in [0.1, 0.15) is 0 Å². The molecule has 0 bridgehead atoms. The summed E-state index contributed by atoms with van der Waals surface area (Å²) in [6, 6.07) is 5.78. The topological polar surface area (TPSA) is 41.3 Å². The molecule has 1 unspecified atom stereocenters. The first-order chi connectivity index (χ1) is 9.12. The van der Waals surface area contributed by atoms with Gasteiger partial charge in [-0.15, -0.1) is 0 Å². The van der Waals surface area contributed by atoms with E-state index in [0.717, 1.165) is 31.7 Å². The van der Waals surface area contributed by atoms with Gasteiger partial charge >= 0.3 is 0 Å². The third kappa shape index (κ3) is 5.28. The van der Waals surface area contributed by atoms with Crippen LogP contribution < -0.4 is 11.1 Å². The maximum absolute atomic E-state index is 6.04. The maximum atomic E-state index is 6.04. The van der Waals surface area contributed by atoms with Gasteiger partial charge in [0.05, 0.1) is 10.0 Å². The summed E-state index contributed by atoms with van der Waals surface area (Å²) in [5, 5.41) is 4.61. The first kappa shape index (κ1) is 16.7. The van der Waals surface area contributed by atoms with E-state index in [1.165, 1.54) is 0 Å². The van der Waals surface area contributed by atoms with Gasteiger partial charge in [-0.1, -0.05) is 43.1 Å². The molecule has 1 atom stereocenters. The molecule has 0 heterocycles. The molecule has 5 heteroatoms. The van der Waals surface area contributed by atoms with Crippen molar-refractivity contribution in [2.24, 2.45) is 5.73 Å². The number of likely N-dealkylation sites (N-methyl/N-ethyl adjacent to an activating group) is 1. The highest BCUT2D eigenvalue weighted by atomic mass is 35.5. The minimum absolute atomic E-state index is 0.116. The van der Waals surface area contributed by atoms with Crippen LogP contribution in [0.1, 0.15) is 25.5 Å². The second-order valence-electron chi connectivity index (χ2n) is 4.44. The Morgan fingerprint density at radius 1 is 1.21 bits per heavy atom. The number of rotatable bonds is 8. The largest absolute Gasteiger partial charge is 0.329 e. The summed E-state index contributed by atoms with van der Waals surface area (Å²) >= 11 is 12.0. The summed E-state index contributed by atoms with van der Waals surface area (Å²) in [4.78, 5) is 2.37. The van der Waals surface area contributed by atoms with E-state index in [4.69, 9.17) is 28.9 Å². The van der Waals surface area contributed by atoms with Crippen LogP contribution in [-0.4, -0.2) is 37.6 Å². The zero-order valence-corrected chi connectivity index (χ0v) is 13.1. The number of benzene rings is 1. The van der Waals surface area contributed by atoms with E-state index in [9.17, 15) is 0 Å². The van der Waals surface area contributed by atoms with Crippen molar-refractivity contribution in [3.63, 3.8) is 0 Å². The van der Waals surface area contributed by atoms with Crippen LogP contribution in [0.3, 0.4) is 0 Å². The first-order valence-electron chi connectivity index (χ1n) is 6.73. The van der Waals surface area contributed by atoms with Gasteiger partial charge < -0.3 is 16.0 Å². The molecule has 1 aromatic rings. The van der Waals surface area contributed by atoms with Crippen molar-refractivity contribution in [3.05, 3.63) is 33.8 Å². The van der Waals surface area contributed by atoms with Gasteiger partial charge in [0.25, 0.3) is 0 Å². The molecule has 0 saturated heterocycles. The summed E-state index contributed by atoms with van der Waals surface area (Å²) in [5.74, 6) is 0. The summed E-state index contributed by atoms with van der Waals surface area (Å²) in [6.07, 6.45) is 0. The van der Waals surface area contributed by atoms with Crippen LogP contribution in [0.15, 0.2) is 18.2 Å². The van der Waals surface area contributed by atoms with Crippen molar-refractivity contribution in [2.45, 2.75) is 19.9 Å². The molecule has 0 amide bonds. The molecular formula is C14H23Cl2N3. The zero-order valence-electron chi connectivity index (χ0n) is 11.6. The monoisotopic (exact) mass is 303 g/mol. The van der Waals surface area contributed by atoms with Crippen LogP contribution in [0, 0.1) is 0 Å². The van der Waals surface area contributed by atoms with Crippen LogP contribution in [0.4, 0.5) is 0 Å². The van der Waals surface area contributed by atoms with E-state index in [1.807, 2.05) is 18.2 Å². The van der Waals surface area contributed by atoms with Crippen molar-refractivity contribution in [1.82, 2.24) is 10.2 Å². The minimum atomic E-state index is 0.116. The van der Waals surface area contributed by atoms with Crippen molar-refractivity contribution in [2.75, 3.05) is 32.7 Å². The van der Waals surface area contributed by atoms with E-state index in [0.29, 0.717) is 16.6 Å². The van der Waals surface area contributed by atoms with Gasteiger partial charge in [-0.2, -0.15) is 0 Å². The van der Waals surface area contributed by atoms with E-state index < -0.39 is 0 Å². The molecule has 0 aliphatic rings. The molecule has 0 aliphatic carbocycles. The number of hydrogen-bond donors (Lipinski definition) is 2. The molecule has 0 spiro atoms. The maximum Gasteiger partial charge on any atom is 0.0595 e. The average Bonchev–Trinajstić information content (AvgIpc) is 2.42. The average molecular weight is 304 g/mol. The Morgan fingerprint density at radius 3 is 2.42 bits per heavy atom. The standard InChI is InChI=1S/C14H23Cl2N3/c1-3-19(4-2)8-7-18-14(10-17)11-5-6-12(15)13(16)9-11/h5-6,9,14,18H,3-4,7-8,10,17H2,1-2H3. The highest BCUT2D eigenvalue weighted by Crippen LogP contribution is 2.25. The highest BCUT2D eigenvalue weighted by Gasteiger charge is 2.11. The quantitative estimate of drug-likeness (QED) is 0.776. The van der Waals surface area contributed by atoms with E-state index in [1.54, 1.807) is 0 Å². The molecule has 3 N–H and O–H groups in total. The summed E-state index contributed by atoms with van der Waals surface area (Å²) in [5.41, 5.74) is 6.90. The molecule has 19 heavy (non-hydrogen) atoms. The summed E-state index contributed by atoms with van der Waals surface area (Å²) < 4.78 is 0. The van der Waals surface area contributed by atoms with Crippen LogP contribution in [-0.2, 0) is 0 Å². The van der Waals surface area contributed by atoms with Crippen LogP contribution >= 0.6 is 23.2 Å². The molecule has 0 aromatic heterocycles. The molecule has 108 valence electrons. The lowest BCUT2D eigenvalue weighted by Crippen LogP contribution is -2.36. The Morgan fingerprint density at radius 2 is 1.89 bits per heavy atom. The molecule has 1 aromatic carbocycles. The Kier molecular flexibility index (Phi) is 7.73. The van der Waals surface area contributed by atoms with Crippen LogP contribution in [0.5, 0.6) is 0 Å². The summed E-state index contributed by atoms with van der Waals surface area (Å²) in [6.45, 7) is 8.94. The third-order valence-corrected chi connectivity index (χ3v) is 4.03. The Balaban J connectivity index is 2.55. The number of halogens is 2. The van der Waals surface area contributed by atoms with E-state index in [2.05, 4.69) is 24.1 Å². The Bertz CT molecular complexity index is 381. The fourth-order valence-electron chi connectivity index (χ4n) is 2.00. The zero-order chi connectivity index (χ0) is 14.3. The lowest BCUT2D eigenvalue weighted by atomic mass is 10.1. The molecule has 1 rings (SSSR count). The first-order valence-corrected chi connectivity index (χ1v) is 7.48. The second-order valence-corrected chi connectivity index (χ2v) is 5.26. The number of nitrogens with zero attached hydrogens (tertiary/aromatic N) is 1. The lowest BCUT2D eigenvalue weighted by molar-refractivity contribution is 0.297. The predicted octanol–water partition coefficient (Wildman–Crippen LogP) is 2.92. The van der Waals surface area contributed by atoms with Crippen molar-refractivity contribution >= 4 is 23.2 Å². The smallest absolute Gasteiger partial charge is 0.0595 e. The number of hydrogen-bond acceptors (Lipinski definition) is 3. The Hall–Kier alpha value is -0.320.